The Balaban J connectivity index is 0.000000383. The van der Waals surface area contributed by atoms with Crippen LogP contribution in [0.1, 0.15) is 59.7 Å². The molecule has 1 aliphatic heterocycles. The molecule has 0 spiro atoms. The minimum Gasteiger partial charge on any atom is -0.475 e. The summed E-state index contributed by atoms with van der Waals surface area (Å²) < 4.78 is 37.8. The van der Waals surface area contributed by atoms with E-state index in [1.165, 1.54) is 12.8 Å². The van der Waals surface area contributed by atoms with Crippen LogP contribution in [0, 0.1) is 0 Å². The van der Waals surface area contributed by atoms with Crippen LogP contribution in [-0.2, 0) is 9.53 Å². The van der Waals surface area contributed by atoms with E-state index in [1.54, 1.807) is 12.4 Å². The van der Waals surface area contributed by atoms with Gasteiger partial charge in [-0.15, -0.1) is 0 Å². The molecular weight excluding hydrogens is 445 g/mol. The Bertz CT molecular complexity index is 977. The van der Waals surface area contributed by atoms with Gasteiger partial charge in [-0.25, -0.2) is 9.78 Å². The van der Waals surface area contributed by atoms with E-state index in [2.05, 4.69) is 25.5 Å². The number of amides is 1. The maximum atomic E-state index is 12.5. The lowest BCUT2D eigenvalue weighted by molar-refractivity contribution is -0.192. The monoisotopic (exact) mass is 470 g/mol. The highest BCUT2D eigenvalue weighted by molar-refractivity contribution is 5.99. The summed E-state index contributed by atoms with van der Waals surface area (Å²) in [6.07, 6.45) is 2.25. The van der Waals surface area contributed by atoms with Gasteiger partial charge < -0.3 is 20.1 Å². The number of aromatic amines is 1. The number of nitrogens with zero attached hydrogens (tertiary/aromatic N) is 4. The van der Waals surface area contributed by atoms with Gasteiger partial charge in [0.1, 0.15) is 6.10 Å². The van der Waals surface area contributed by atoms with Crippen LogP contribution in [0.4, 0.5) is 18.9 Å². The number of anilines is 1. The van der Waals surface area contributed by atoms with Gasteiger partial charge in [0.2, 0.25) is 0 Å². The molecule has 4 rings (SSSR count). The Hall–Kier alpha value is -3.22. The second-order valence-corrected chi connectivity index (χ2v) is 7.98. The molecule has 2 aromatic heterocycles. The molecule has 1 saturated heterocycles. The van der Waals surface area contributed by atoms with Crippen LogP contribution < -0.4 is 10.2 Å². The molecule has 0 radical (unpaired) electrons. The maximum Gasteiger partial charge on any atom is 0.490 e. The average molecular weight is 470 g/mol. The highest BCUT2D eigenvalue weighted by Crippen LogP contribution is 2.39. The zero-order chi connectivity index (χ0) is 24.2. The quantitative estimate of drug-likeness (QED) is 0.586. The summed E-state index contributed by atoms with van der Waals surface area (Å²) in [7, 11) is 3.81. The van der Waals surface area contributed by atoms with Crippen molar-refractivity contribution < 1.29 is 32.6 Å². The number of aromatic nitrogens is 4. The Morgan fingerprint density at radius 3 is 2.58 bits per heavy atom. The molecule has 0 unspecified atom stereocenters. The smallest absolute Gasteiger partial charge is 0.475 e. The number of aliphatic carboxylic acids is 1. The van der Waals surface area contributed by atoms with Crippen LogP contribution in [0.15, 0.2) is 18.5 Å². The number of hydrogen-bond acceptors (Lipinski definition) is 7. The Labute approximate surface area is 187 Å². The lowest BCUT2D eigenvalue weighted by atomic mass is 10.1. The second-order valence-electron chi connectivity index (χ2n) is 7.98. The first kappa shape index (κ1) is 24.4. The van der Waals surface area contributed by atoms with Crippen molar-refractivity contribution in [3.8, 4) is 0 Å². The summed E-state index contributed by atoms with van der Waals surface area (Å²) in [6, 6.07) is 1.83. The molecule has 0 bridgehead atoms. The van der Waals surface area contributed by atoms with Gasteiger partial charge >= 0.3 is 12.1 Å². The number of carbonyl (C=O) groups is 2. The molecule has 33 heavy (non-hydrogen) atoms. The van der Waals surface area contributed by atoms with Crippen LogP contribution in [0.2, 0.25) is 0 Å². The zero-order valence-electron chi connectivity index (χ0n) is 18.1. The van der Waals surface area contributed by atoms with Gasteiger partial charge in [-0.3, -0.25) is 14.9 Å². The lowest BCUT2D eigenvalue weighted by Crippen LogP contribution is -2.33. The first-order valence-corrected chi connectivity index (χ1v) is 10.3. The third-order valence-corrected chi connectivity index (χ3v) is 5.13. The van der Waals surface area contributed by atoms with Gasteiger partial charge in [0.25, 0.3) is 5.91 Å². The first-order valence-electron chi connectivity index (χ1n) is 10.3. The van der Waals surface area contributed by atoms with Crippen molar-refractivity contribution in [2.75, 3.05) is 25.5 Å². The Kier molecular flexibility index (Phi) is 7.51. The molecule has 1 aliphatic carbocycles. The van der Waals surface area contributed by atoms with Gasteiger partial charge in [-0.05, 0) is 31.7 Å². The van der Waals surface area contributed by atoms with E-state index in [-0.39, 0.29) is 18.1 Å². The van der Waals surface area contributed by atoms with Crippen molar-refractivity contribution >= 4 is 17.6 Å². The third-order valence-electron chi connectivity index (χ3n) is 5.13. The molecule has 2 fully saturated rings. The molecule has 1 saturated carbocycles. The summed E-state index contributed by atoms with van der Waals surface area (Å²) in [5.41, 5.74) is 1.41. The zero-order valence-corrected chi connectivity index (χ0v) is 18.1. The van der Waals surface area contributed by atoms with E-state index >= 15 is 0 Å². The number of nitrogens with one attached hydrogen (secondary N) is 2. The van der Waals surface area contributed by atoms with Crippen molar-refractivity contribution in [2.45, 2.75) is 50.0 Å². The van der Waals surface area contributed by atoms with Crippen molar-refractivity contribution in [3.05, 3.63) is 35.7 Å². The molecule has 0 aromatic carbocycles. The molecular formula is C20H25F3N6O4. The molecule has 2 atom stereocenters. The summed E-state index contributed by atoms with van der Waals surface area (Å²) in [5.74, 6) is -0.644. The SMILES string of the molecule is CN(C)c1ccncc1C(=O)NC[C@@H]1CC[C@H](c2nc(C3CC3)n[nH]2)O1.O=C(O)C(F)(F)F. The van der Waals surface area contributed by atoms with Gasteiger partial charge in [-0.1, -0.05) is 0 Å². The molecule has 13 heteroatoms. The van der Waals surface area contributed by atoms with E-state index < -0.39 is 12.1 Å². The number of ether oxygens (including phenoxy) is 1. The normalized spacial score (nSPS) is 20.0. The number of carbonyl (C=O) groups excluding carboxylic acids is 1. The molecule has 3 N–H and O–H groups in total. The topological polar surface area (TPSA) is 133 Å². The van der Waals surface area contributed by atoms with Crippen molar-refractivity contribution in [1.29, 1.82) is 0 Å². The number of rotatable bonds is 6. The largest absolute Gasteiger partial charge is 0.490 e. The summed E-state index contributed by atoms with van der Waals surface area (Å²) >= 11 is 0. The number of carboxylic acid groups (broad SMARTS) is 1. The Morgan fingerprint density at radius 1 is 1.27 bits per heavy atom. The maximum absolute atomic E-state index is 12.5. The van der Waals surface area contributed by atoms with Crippen molar-refractivity contribution in [3.63, 3.8) is 0 Å². The minimum absolute atomic E-state index is 0.0158. The highest BCUT2D eigenvalue weighted by Gasteiger charge is 2.38. The molecule has 180 valence electrons. The van der Waals surface area contributed by atoms with Crippen LogP contribution in [0.25, 0.3) is 0 Å². The summed E-state index contributed by atoms with van der Waals surface area (Å²) in [4.78, 5) is 31.9. The van der Waals surface area contributed by atoms with Crippen molar-refractivity contribution in [1.82, 2.24) is 25.5 Å². The number of pyridine rings is 1. The number of carboxylic acids is 1. The van der Waals surface area contributed by atoms with Crippen molar-refractivity contribution in [2.24, 2.45) is 0 Å². The van der Waals surface area contributed by atoms with Crippen LogP contribution in [0.3, 0.4) is 0 Å². The average Bonchev–Trinajstić information content (AvgIpc) is 3.30. The van der Waals surface area contributed by atoms with Gasteiger partial charge in [0.15, 0.2) is 11.6 Å². The number of hydrogen-bond donors (Lipinski definition) is 3. The first-order chi connectivity index (χ1) is 15.6. The molecule has 2 aliphatic rings. The van der Waals surface area contributed by atoms with E-state index in [9.17, 15) is 18.0 Å². The number of alkyl halides is 3. The second kappa shape index (κ2) is 10.1. The van der Waals surface area contributed by atoms with Gasteiger partial charge in [0.05, 0.1) is 17.4 Å². The fourth-order valence-corrected chi connectivity index (χ4v) is 3.27. The van der Waals surface area contributed by atoms with E-state index in [4.69, 9.17) is 14.6 Å². The molecule has 2 aromatic rings. The summed E-state index contributed by atoms with van der Waals surface area (Å²) in [6.45, 7) is 0.473. The third kappa shape index (κ3) is 6.63. The van der Waals surface area contributed by atoms with Gasteiger partial charge in [-0.2, -0.15) is 18.3 Å². The van der Waals surface area contributed by atoms with E-state index in [0.29, 0.717) is 18.0 Å². The fraction of sp³-hybridized carbons (Fsp3) is 0.550. The van der Waals surface area contributed by atoms with Crippen LogP contribution >= 0.6 is 0 Å². The molecule has 1 amide bonds. The number of halogens is 3. The van der Waals surface area contributed by atoms with Crippen LogP contribution in [-0.4, -0.2) is 70.1 Å². The molecule has 10 nitrogen and oxygen atoms in total. The number of H-pyrrole nitrogens is 1. The fourth-order valence-electron chi connectivity index (χ4n) is 3.27. The van der Waals surface area contributed by atoms with Gasteiger partial charge in [0, 0.05) is 39.0 Å². The lowest BCUT2D eigenvalue weighted by Gasteiger charge is -2.17. The van der Waals surface area contributed by atoms with E-state index in [1.807, 2.05) is 25.1 Å². The van der Waals surface area contributed by atoms with E-state index in [0.717, 1.165) is 30.2 Å². The highest BCUT2D eigenvalue weighted by atomic mass is 19.4. The predicted molar refractivity (Wildman–Crippen MR) is 110 cm³/mol. The minimum atomic E-state index is -5.08. The molecule has 3 heterocycles. The Morgan fingerprint density at radius 2 is 1.97 bits per heavy atom. The standard InChI is InChI=1S/C18H24N6O2.C2HF3O2/c1-24(2)14-7-8-19-10-13(14)18(25)20-9-12-5-6-15(26-12)17-21-16(22-23-17)11-3-4-11;3-2(4,5)1(6)7/h7-8,10-12,15H,3-6,9H2,1-2H3,(H,20,25)(H,21,22,23);(H,6,7)/t12-,15+;/m0./s1. The predicted octanol–water partition coefficient (Wildman–Crippen LogP) is 2.43. The van der Waals surface area contributed by atoms with Crippen LogP contribution in [0.5, 0.6) is 0 Å². The summed E-state index contributed by atoms with van der Waals surface area (Å²) in [5, 5.41) is 17.4.